The van der Waals surface area contributed by atoms with Crippen molar-refractivity contribution in [3.05, 3.63) is 34.6 Å². The fourth-order valence-electron chi connectivity index (χ4n) is 2.67. The maximum Gasteiger partial charge on any atom is 0.307 e. The third-order valence-corrected chi connectivity index (χ3v) is 3.76. The molecule has 0 radical (unpaired) electrons. The quantitative estimate of drug-likeness (QED) is 0.928. The van der Waals surface area contributed by atoms with Crippen molar-refractivity contribution in [3.8, 4) is 0 Å². The monoisotopic (exact) mass is 285 g/mol. The van der Waals surface area contributed by atoms with E-state index in [2.05, 4.69) is 11.8 Å². The zero-order chi connectivity index (χ0) is 14.0. The lowest BCUT2D eigenvalue weighted by atomic mass is 9.90. The Hall–Kier alpha value is -1.13. The lowest BCUT2D eigenvalue weighted by Crippen LogP contribution is -2.41. The van der Waals surface area contributed by atoms with E-state index in [0.29, 0.717) is 19.0 Å². The van der Waals surface area contributed by atoms with E-state index in [1.54, 1.807) is 12.1 Å². The Balaban J connectivity index is 2.05. The second kappa shape index (κ2) is 5.88. The summed E-state index contributed by atoms with van der Waals surface area (Å²) in [6, 6.07) is 4.64. The Morgan fingerprint density at radius 2 is 2.26 bits per heavy atom. The number of likely N-dealkylation sites (tertiary alicyclic amines) is 1. The minimum Gasteiger partial charge on any atom is -0.481 e. The largest absolute Gasteiger partial charge is 0.481 e. The van der Waals surface area contributed by atoms with Crippen LogP contribution in [0.3, 0.4) is 0 Å². The van der Waals surface area contributed by atoms with Crippen LogP contribution in [0.15, 0.2) is 18.2 Å². The number of carboxylic acid groups (broad SMARTS) is 1. The van der Waals surface area contributed by atoms with Gasteiger partial charge in [-0.3, -0.25) is 9.69 Å². The van der Waals surface area contributed by atoms with E-state index in [9.17, 15) is 9.18 Å². The molecule has 1 aromatic rings. The van der Waals surface area contributed by atoms with Gasteiger partial charge in [0.1, 0.15) is 5.82 Å². The Morgan fingerprint density at radius 1 is 1.53 bits per heavy atom. The third-order valence-electron chi connectivity index (χ3n) is 3.47. The first-order valence-electron chi connectivity index (χ1n) is 6.34. The van der Waals surface area contributed by atoms with E-state index in [4.69, 9.17) is 16.7 Å². The maximum atomic E-state index is 13.1. The van der Waals surface area contributed by atoms with Crippen LogP contribution in [0.25, 0.3) is 0 Å². The number of piperidine rings is 1. The van der Waals surface area contributed by atoms with Gasteiger partial charge in [0.05, 0.1) is 10.9 Å². The van der Waals surface area contributed by atoms with Crippen LogP contribution in [0.4, 0.5) is 4.39 Å². The molecule has 19 heavy (non-hydrogen) atoms. The minimum atomic E-state index is -0.742. The van der Waals surface area contributed by atoms with Gasteiger partial charge < -0.3 is 5.11 Å². The van der Waals surface area contributed by atoms with Crippen LogP contribution in [-0.4, -0.2) is 29.1 Å². The van der Waals surface area contributed by atoms with Gasteiger partial charge in [-0.15, -0.1) is 0 Å². The molecule has 0 amide bonds. The summed E-state index contributed by atoms with van der Waals surface area (Å²) in [4.78, 5) is 13.2. The first-order valence-corrected chi connectivity index (χ1v) is 6.72. The molecule has 104 valence electrons. The number of benzene rings is 1. The molecular weight excluding hydrogens is 269 g/mol. The second-order valence-corrected chi connectivity index (χ2v) is 5.73. The van der Waals surface area contributed by atoms with Crippen LogP contribution < -0.4 is 0 Å². The van der Waals surface area contributed by atoms with E-state index in [1.807, 2.05) is 0 Å². The predicted molar refractivity (Wildman–Crippen MR) is 71.6 cm³/mol. The van der Waals surface area contributed by atoms with Gasteiger partial charge in [-0.05, 0) is 30.0 Å². The molecule has 1 aliphatic rings. The standard InChI is InChI=1S/C14H17ClFNO2/c1-9-4-11(14(18)19)8-17(6-9)7-10-2-3-13(16)12(15)5-10/h2-3,5,9,11H,4,6-8H2,1H3,(H,18,19). The Morgan fingerprint density at radius 3 is 2.89 bits per heavy atom. The van der Waals surface area contributed by atoms with Gasteiger partial charge in [0.15, 0.2) is 0 Å². The topological polar surface area (TPSA) is 40.5 Å². The van der Waals surface area contributed by atoms with Gasteiger partial charge in [0, 0.05) is 19.6 Å². The molecule has 1 aliphatic heterocycles. The molecule has 1 aromatic carbocycles. The average Bonchev–Trinajstić information content (AvgIpc) is 2.33. The highest BCUT2D eigenvalue weighted by molar-refractivity contribution is 6.30. The van der Waals surface area contributed by atoms with Gasteiger partial charge in [-0.25, -0.2) is 4.39 Å². The van der Waals surface area contributed by atoms with Crippen molar-refractivity contribution in [1.29, 1.82) is 0 Å². The predicted octanol–water partition coefficient (Wildman–Crippen LogP) is 3.02. The Kier molecular flexibility index (Phi) is 4.42. The van der Waals surface area contributed by atoms with Gasteiger partial charge in [-0.1, -0.05) is 24.6 Å². The lowest BCUT2D eigenvalue weighted by molar-refractivity contribution is -0.144. The lowest BCUT2D eigenvalue weighted by Gasteiger charge is -2.34. The van der Waals surface area contributed by atoms with E-state index in [0.717, 1.165) is 18.5 Å². The molecule has 0 bridgehead atoms. The molecule has 0 aliphatic carbocycles. The number of aliphatic carboxylic acids is 1. The molecule has 2 rings (SSSR count). The third kappa shape index (κ3) is 3.67. The van der Waals surface area contributed by atoms with Gasteiger partial charge >= 0.3 is 5.97 Å². The van der Waals surface area contributed by atoms with Crippen LogP contribution in [0.5, 0.6) is 0 Å². The van der Waals surface area contributed by atoms with Crippen molar-refractivity contribution in [1.82, 2.24) is 4.90 Å². The molecule has 2 atom stereocenters. The molecule has 5 heteroatoms. The summed E-state index contributed by atoms with van der Waals surface area (Å²) < 4.78 is 13.1. The van der Waals surface area contributed by atoms with Crippen LogP contribution in [0.1, 0.15) is 18.9 Å². The fraction of sp³-hybridized carbons (Fsp3) is 0.500. The highest BCUT2D eigenvalue weighted by Gasteiger charge is 2.29. The van der Waals surface area contributed by atoms with Crippen molar-refractivity contribution in [2.75, 3.05) is 13.1 Å². The zero-order valence-electron chi connectivity index (χ0n) is 10.8. The van der Waals surface area contributed by atoms with Crippen LogP contribution in [0, 0.1) is 17.7 Å². The van der Waals surface area contributed by atoms with Crippen LogP contribution >= 0.6 is 11.6 Å². The van der Waals surface area contributed by atoms with E-state index in [-0.39, 0.29) is 10.9 Å². The molecule has 1 N–H and O–H groups in total. The first kappa shape index (κ1) is 14.3. The average molecular weight is 286 g/mol. The summed E-state index contributed by atoms with van der Waals surface area (Å²) >= 11 is 5.75. The Bertz CT molecular complexity index is 481. The SMILES string of the molecule is CC1CC(C(=O)O)CN(Cc2ccc(F)c(Cl)c2)C1. The van der Waals surface area contributed by atoms with Crippen LogP contribution in [-0.2, 0) is 11.3 Å². The summed E-state index contributed by atoms with van der Waals surface area (Å²) in [5, 5.41) is 9.23. The molecule has 0 aromatic heterocycles. The summed E-state index contributed by atoms with van der Waals surface area (Å²) in [5.41, 5.74) is 0.907. The maximum absolute atomic E-state index is 13.1. The molecular formula is C14H17ClFNO2. The van der Waals surface area contributed by atoms with Crippen molar-refractivity contribution in [2.45, 2.75) is 19.9 Å². The summed E-state index contributed by atoms with van der Waals surface area (Å²) in [6.45, 7) is 4.06. The number of rotatable bonds is 3. The first-order chi connectivity index (χ1) is 8.95. The summed E-state index contributed by atoms with van der Waals surface area (Å²) in [5.74, 6) is -1.14. The molecule has 3 nitrogen and oxygen atoms in total. The number of halogens is 2. The Labute approximate surface area is 117 Å². The smallest absolute Gasteiger partial charge is 0.307 e. The second-order valence-electron chi connectivity index (χ2n) is 5.32. The van der Waals surface area contributed by atoms with Gasteiger partial charge in [-0.2, -0.15) is 0 Å². The number of hydrogen-bond donors (Lipinski definition) is 1. The van der Waals surface area contributed by atoms with Gasteiger partial charge in [0.25, 0.3) is 0 Å². The molecule has 2 unspecified atom stereocenters. The normalized spacial score (nSPS) is 24.4. The molecule has 1 fully saturated rings. The highest BCUT2D eigenvalue weighted by Crippen LogP contribution is 2.24. The number of hydrogen-bond acceptors (Lipinski definition) is 2. The van der Waals surface area contributed by atoms with Crippen LogP contribution in [0.2, 0.25) is 5.02 Å². The van der Waals surface area contributed by atoms with E-state index < -0.39 is 11.8 Å². The van der Waals surface area contributed by atoms with Gasteiger partial charge in [0.2, 0.25) is 0 Å². The molecule has 1 saturated heterocycles. The fourth-order valence-corrected chi connectivity index (χ4v) is 2.87. The molecule has 0 spiro atoms. The highest BCUT2D eigenvalue weighted by atomic mass is 35.5. The zero-order valence-corrected chi connectivity index (χ0v) is 11.5. The minimum absolute atomic E-state index is 0.109. The van der Waals surface area contributed by atoms with Crippen molar-refractivity contribution >= 4 is 17.6 Å². The van der Waals surface area contributed by atoms with E-state index in [1.165, 1.54) is 6.07 Å². The summed E-state index contributed by atoms with van der Waals surface area (Å²) in [7, 11) is 0. The summed E-state index contributed by atoms with van der Waals surface area (Å²) in [6.07, 6.45) is 0.718. The number of carbonyl (C=O) groups is 1. The van der Waals surface area contributed by atoms with E-state index >= 15 is 0 Å². The number of carboxylic acids is 1. The molecule has 0 saturated carbocycles. The molecule has 1 heterocycles. The van der Waals surface area contributed by atoms with Crippen molar-refractivity contribution in [3.63, 3.8) is 0 Å². The number of nitrogens with zero attached hydrogens (tertiary/aromatic N) is 1. The van der Waals surface area contributed by atoms with Crippen molar-refractivity contribution in [2.24, 2.45) is 11.8 Å². The van der Waals surface area contributed by atoms with Crippen molar-refractivity contribution < 1.29 is 14.3 Å².